The maximum atomic E-state index is 12.3. The molecule has 0 aromatic heterocycles. The first-order valence-electron chi connectivity index (χ1n) is 31.7. The van der Waals surface area contributed by atoms with Crippen LogP contribution in [0.15, 0.2) is 12.2 Å². The van der Waals surface area contributed by atoms with Crippen molar-refractivity contribution in [3.63, 3.8) is 0 Å². The van der Waals surface area contributed by atoms with Crippen molar-refractivity contribution in [1.29, 1.82) is 0 Å². The highest BCUT2D eigenvalue weighted by Crippen LogP contribution is 2.19. The lowest BCUT2D eigenvalue weighted by Gasteiger charge is -2.15. The van der Waals surface area contributed by atoms with Gasteiger partial charge in [0.15, 0.2) is 6.10 Å². The molecular formula is C64H124O5. The minimum Gasteiger partial charge on any atom is -0.462 e. The lowest BCUT2D eigenvalue weighted by Crippen LogP contribution is -2.28. The number of unbranched alkanes of at least 4 members (excludes halogenated alkanes) is 50. The van der Waals surface area contributed by atoms with E-state index in [-0.39, 0.29) is 25.2 Å². The van der Waals surface area contributed by atoms with Crippen molar-refractivity contribution in [2.75, 3.05) is 13.2 Å². The van der Waals surface area contributed by atoms with E-state index in [0.29, 0.717) is 12.8 Å². The number of carbonyl (C=O) groups is 2. The van der Waals surface area contributed by atoms with Crippen LogP contribution >= 0.6 is 0 Å². The second-order valence-electron chi connectivity index (χ2n) is 21.9. The topological polar surface area (TPSA) is 72.8 Å². The maximum Gasteiger partial charge on any atom is 0.306 e. The van der Waals surface area contributed by atoms with Crippen LogP contribution in [0.1, 0.15) is 367 Å². The normalized spacial score (nSPS) is 12.1. The largest absolute Gasteiger partial charge is 0.462 e. The third-order valence-electron chi connectivity index (χ3n) is 14.8. The van der Waals surface area contributed by atoms with Gasteiger partial charge in [-0.15, -0.1) is 0 Å². The molecule has 0 aliphatic carbocycles. The number of aliphatic hydroxyl groups is 1. The van der Waals surface area contributed by atoms with E-state index in [1.165, 1.54) is 308 Å². The van der Waals surface area contributed by atoms with Gasteiger partial charge in [-0.05, 0) is 38.5 Å². The number of hydrogen-bond donors (Lipinski definition) is 1. The summed E-state index contributed by atoms with van der Waals surface area (Å²) in [6.45, 7) is 4.21. The summed E-state index contributed by atoms with van der Waals surface area (Å²) < 4.78 is 10.7. The Morgan fingerprint density at radius 2 is 0.536 bits per heavy atom. The van der Waals surface area contributed by atoms with Crippen LogP contribution in [0.5, 0.6) is 0 Å². The molecule has 0 saturated carbocycles. The smallest absolute Gasteiger partial charge is 0.306 e. The first kappa shape index (κ1) is 67.6. The van der Waals surface area contributed by atoms with Gasteiger partial charge in [-0.2, -0.15) is 0 Å². The molecule has 69 heavy (non-hydrogen) atoms. The fraction of sp³-hybridized carbons (Fsp3) is 0.938. The molecule has 0 aromatic rings. The molecular weight excluding hydrogens is 849 g/mol. The summed E-state index contributed by atoms with van der Waals surface area (Å²) in [5.74, 6) is -0.563. The van der Waals surface area contributed by atoms with E-state index in [1.807, 2.05) is 0 Å². The number of ether oxygens (including phenoxy) is 2. The second-order valence-corrected chi connectivity index (χ2v) is 21.9. The highest BCUT2D eigenvalue weighted by Gasteiger charge is 2.16. The van der Waals surface area contributed by atoms with Gasteiger partial charge in [0.1, 0.15) is 6.61 Å². The highest BCUT2D eigenvalue weighted by atomic mass is 16.6. The summed E-state index contributed by atoms with van der Waals surface area (Å²) in [7, 11) is 0. The molecule has 0 spiro atoms. The maximum absolute atomic E-state index is 12.3. The van der Waals surface area contributed by atoms with Crippen molar-refractivity contribution >= 4 is 11.9 Å². The van der Waals surface area contributed by atoms with Crippen LogP contribution < -0.4 is 0 Å². The Kier molecular flexibility index (Phi) is 59.7. The van der Waals surface area contributed by atoms with Crippen LogP contribution in [0.4, 0.5) is 0 Å². The minimum atomic E-state index is -0.766. The second kappa shape index (κ2) is 60.9. The summed E-state index contributed by atoms with van der Waals surface area (Å²) in [4.78, 5) is 24.6. The van der Waals surface area contributed by atoms with Crippen molar-refractivity contribution in [2.45, 2.75) is 373 Å². The van der Waals surface area contributed by atoms with Gasteiger partial charge in [-0.25, -0.2) is 0 Å². The summed E-state index contributed by atoms with van der Waals surface area (Å²) in [5.41, 5.74) is 0. The Balaban J connectivity index is 3.38. The van der Waals surface area contributed by atoms with E-state index >= 15 is 0 Å². The van der Waals surface area contributed by atoms with E-state index < -0.39 is 6.10 Å². The fourth-order valence-corrected chi connectivity index (χ4v) is 10.0. The van der Waals surface area contributed by atoms with E-state index in [4.69, 9.17) is 9.47 Å². The summed E-state index contributed by atoms with van der Waals surface area (Å²) in [6, 6.07) is 0. The van der Waals surface area contributed by atoms with Crippen molar-refractivity contribution in [1.82, 2.24) is 0 Å². The average Bonchev–Trinajstić information content (AvgIpc) is 3.35. The quantitative estimate of drug-likeness (QED) is 0.0373. The van der Waals surface area contributed by atoms with Gasteiger partial charge in [0, 0.05) is 12.8 Å². The van der Waals surface area contributed by atoms with Crippen molar-refractivity contribution < 1.29 is 24.2 Å². The van der Waals surface area contributed by atoms with Crippen molar-refractivity contribution in [3.05, 3.63) is 12.2 Å². The molecule has 0 bridgehead atoms. The lowest BCUT2D eigenvalue weighted by atomic mass is 10.0. The van der Waals surface area contributed by atoms with Crippen LogP contribution in [0.25, 0.3) is 0 Å². The number of allylic oxidation sites excluding steroid dienone is 2. The average molecular weight is 974 g/mol. The number of aliphatic hydroxyl groups excluding tert-OH is 1. The molecule has 0 amide bonds. The molecule has 0 aliphatic heterocycles. The van der Waals surface area contributed by atoms with Gasteiger partial charge in [-0.3, -0.25) is 9.59 Å². The van der Waals surface area contributed by atoms with Gasteiger partial charge in [-0.1, -0.05) is 328 Å². The lowest BCUT2D eigenvalue weighted by molar-refractivity contribution is -0.161. The Bertz CT molecular complexity index is 1010. The zero-order valence-corrected chi connectivity index (χ0v) is 47.1. The molecule has 0 heterocycles. The van der Waals surface area contributed by atoms with Crippen LogP contribution in [-0.2, 0) is 19.1 Å². The predicted octanol–water partition coefficient (Wildman–Crippen LogP) is 21.5. The zero-order valence-electron chi connectivity index (χ0n) is 47.1. The molecule has 410 valence electrons. The first-order valence-corrected chi connectivity index (χ1v) is 31.7. The molecule has 0 aromatic carbocycles. The van der Waals surface area contributed by atoms with E-state index in [9.17, 15) is 14.7 Å². The Morgan fingerprint density at radius 1 is 0.319 bits per heavy atom. The predicted molar refractivity (Wildman–Crippen MR) is 302 cm³/mol. The Hall–Kier alpha value is -1.36. The SMILES string of the molecule is CCCCCCCCCC/C=C\CCCCCCCCCCCCCCCCCCCCCCCC(=O)OC(CO)COC(=O)CCCCCCCCCCCCCCCCCCCCCCCC. The zero-order chi connectivity index (χ0) is 49.9. The molecule has 5 heteroatoms. The summed E-state index contributed by atoms with van der Waals surface area (Å²) in [5, 5.41) is 9.67. The Labute approximate surface area is 432 Å². The molecule has 1 unspecified atom stereocenters. The van der Waals surface area contributed by atoms with Crippen LogP contribution in [0, 0.1) is 0 Å². The van der Waals surface area contributed by atoms with Crippen LogP contribution in [-0.4, -0.2) is 36.4 Å². The highest BCUT2D eigenvalue weighted by molar-refractivity contribution is 5.70. The minimum absolute atomic E-state index is 0.0567. The van der Waals surface area contributed by atoms with Crippen LogP contribution in [0.3, 0.4) is 0 Å². The number of hydrogen-bond acceptors (Lipinski definition) is 5. The molecule has 1 N–H and O–H groups in total. The third-order valence-corrected chi connectivity index (χ3v) is 14.8. The Morgan fingerprint density at radius 3 is 0.783 bits per heavy atom. The molecule has 0 aliphatic rings. The van der Waals surface area contributed by atoms with Gasteiger partial charge in [0.05, 0.1) is 6.61 Å². The number of rotatable bonds is 60. The van der Waals surface area contributed by atoms with Gasteiger partial charge in [0.25, 0.3) is 0 Å². The van der Waals surface area contributed by atoms with Crippen LogP contribution in [0.2, 0.25) is 0 Å². The van der Waals surface area contributed by atoms with Gasteiger partial charge < -0.3 is 14.6 Å². The molecule has 0 fully saturated rings. The van der Waals surface area contributed by atoms with E-state index in [2.05, 4.69) is 26.0 Å². The molecule has 0 radical (unpaired) electrons. The number of esters is 2. The van der Waals surface area contributed by atoms with Gasteiger partial charge in [0.2, 0.25) is 0 Å². The first-order chi connectivity index (χ1) is 34.1. The monoisotopic (exact) mass is 973 g/mol. The van der Waals surface area contributed by atoms with Crippen molar-refractivity contribution in [3.8, 4) is 0 Å². The summed E-state index contributed by atoms with van der Waals surface area (Å²) >= 11 is 0. The standard InChI is InChI=1S/C64H124O5/c1-3-5-7-9-11-13-15-17-19-21-23-25-27-28-29-30-31-32-33-34-35-36-37-39-41-43-45-47-49-51-53-55-57-59-64(67)69-62(60-65)61-68-63(66)58-56-54-52-50-48-46-44-42-40-38-26-24-22-20-18-16-14-12-10-8-6-4-2/h21,23,62,65H,3-20,22,24-61H2,1-2H3/b23-21-. The van der Waals surface area contributed by atoms with Crippen molar-refractivity contribution in [2.24, 2.45) is 0 Å². The molecule has 0 saturated heterocycles. The third kappa shape index (κ3) is 59.1. The molecule has 0 rings (SSSR count). The molecule has 5 nitrogen and oxygen atoms in total. The van der Waals surface area contributed by atoms with Gasteiger partial charge >= 0.3 is 11.9 Å². The number of carbonyl (C=O) groups excluding carboxylic acids is 2. The fourth-order valence-electron chi connectivity index (χ4n) is 10.0. The van der Waals surface area contributed by atoms with E-state index in [0.717, 1.165) is 32.1 Å². The summed E-state index contributed by atoms with van der Waals surface area (Å²) in [6.07, 6.45) is 76.5. The molecule has 1 atom stereocenters. The van der Waals surface area contributed by atoms with E-state index in [1.54, 1.807) is 0 Å².